The minimum absolute atomic E-state index is 0.0773. The van der Waals surface area contributed by atoms with Crippen LogP contribution >= 0.6 is 11.6 Å². The second-order valence-electron chi connectivity index (χ2n) is 2.34. The van der Waals surface area contributed by atoms with E-state index in [4.69, 9.17) is 11.6 Å². The Kier molecular flexibility index (Phi) is 3.99. The maximum Gasteiger partial charge on any atom is 0.254 e. The normalized spacial score (nSPS) is 10.2. The third-order valence-electron chi connectivity index (χ3n) is 1.32. The molecule has 1 rings (SSSR count). The number of hydrazone groups is 1. The molecular formula is C9H9ClN2O. The first-order valence-corrected chi connectivity index (χ1v) is 4.29. The second kappa shape index (κ2) is 5.32. The summed E-state index contributed by atoms with van der Waals surface area (Å²) in [6.07, 6.45) is 1.56. The molecule has 0 unspecified atom stereocenters. The van der Waals surface area contributed by atoms with Gasteiger partial charge in [-0.2, -0.15) is 5.10 Å². The van der Waals surface area contributed by atoms with Crippen LogP contribution in [0.4, 0.5) is 0 Å². The number of carbonyl (C=O) groups is 1. The van der Waals surface area contributed by atoms with Crippen molar-refractivity contribution < 1.29 is 4.79 Å². The molecule has 0 heterocycles. The molecule has 0 spiro atoms. The van der Waals surface area contributed by atoms with Crippen LogP contribution in [0, 0.1) is 0 Å². The Hall–Kier alpha value is -1.35. The zero-order valence-electron chi connectivity index (χ0n) is 6.90. The number of hydrogen-bond donors (Lipinski definition) is 1. The van der Waals surface area contributed by atoms with Crippen LogP contribution in [0.15, 0.2) is 35.4 Å². The molecule has 0 atom stereocenters. The summed E-state index contributed by atoms with van der Waals surface area (Å²) in [5, 5.41) is 3.70. The van der Waals surface area contributed by atoms with Gasteiger partial charge in [-0.3, -0.25) is 4.79 Å². The molecule has 0 aliphatic rings. The summed E-state index contributed by atoms with van der Waals surface area (Å²) in [4.78, 5) is 10.6. The number of carbonyl (C=O) groups excluding carboxylic acids is 1. The van der Waals surface area contributed by atoms with E-state index in [1.807, 2.05) is 30.3 Å². The quantitative estimate of drug-likeness (QED) is 0.443. The van der Waals surface area contributed by atoms with Crippen LogP contribution in [0.3, 0.4) is 0 Å². The number of nitrogens with one attached hydrogen (secondary N) is 1. The van der Waals surface area contributed by atoms with Gasteiger partial charge in [0.05, 0.1) is 6.21 Å². The lowest BCUT2D eigenvalue weighted by Crippen LogP contribution is -2.18. The van der Waals surface area contributed by atoms with E-state index in [9.17, 15) is 4.79 Å². The van der Waals surface area contributed by atoms with Gasteiger partial charge in [-0.1, -0.05) is 30.3 Å². The zero-order valence-corrected chi connectivity index (χ0v) is 7.66. The van der Waals surface area contributed by atoms with Crippen molar-refractivity contribution in [2.75, 3.05) is 5.88 Å². The largest absolute Gasteiger partial charge is 0.272 e. The molecule has 0 aliphatic heterocycles. The molecule has 0 aliphatic carbocycles. The molecule has 0 saturated heterocycles. The van der Waals surface area contributed by atoms with E-state index in [-0.39, 0.29) is 11.8 Å². The summed E-state index contributed by atoms with van der Waals surface area (Å²) in [6, 6.07) is 9.47. The van der Waals surface area contributed by atoms with Gasteiger partial charge in [-0.15, -0.1) is 11.6 Å². The lowest BCUT2D eigenvalue weighted by molar-refractivity contribution is -0.118. The van der Waals surface area contributed by atoms with Crippen LogP contribution in [0.2, 0.25) is 0 Å². The molecule has 4 heteroatoms. The Morgan fingerprint density at radius 2 is 2.15 bits per heavy atom. The number of alkyl halides is 1. The summed E-state index contributed by atoms with van der Waals surface area (Å²) in [7, 11) is 0. The number of hydrogen-bond acceptors (Lipinski definition) is 2. The molecule has 0 fully saturated rings. The van der Waals surface area contributed by atoms with Gasteiger partial charge >= 0.3 is 0 Å². The van der Waals surface area contributed by atoms with Crippen LogP contribution in [0.5, 0.6) is 0 Å². The van der Waals surface area contributed by atoms with Crippen LogP contribution in [0.25, 0.3) is 0 Å². The first kappa shape index (κ1) is 9.74. The van der Waals surface area contributed by atoms with Gasteiger partial charge in [0.2, 0.25) is 0 Å². The summed E-state index contributed by atoms with van der Waals surface area (Å²) in [5.74, 6) is -0.389. The van der Waals surface area contributed by atoms with Gasteiger partial charge in [0, 0.05) is 0 Å². The van der Waals surface area contributed by atoms with Crippen LogP contribution in [-0.2, 0) is 4.79 Å². The van der Waals surface area contributed by atoms with Gasteiger partial charge in [-0.05, 0) is 5.56 Å². The number of halogens is 1. The first-order valence-electron chi connectivity index (χ1n) is 3.76. The highest BCUT2D eigenvalue weighted by molar-refractivity contribution is 6.27. The monoisotopic (exact) mass is 196 g/mol. The SMILES string of the molecule is O=C(CCl)NN=Cc1ccccc1. The minimum Gasteiger partial charge on any atom is -0.272 e. The van der Waals surface area contributed by atoms with E-state index in [0.717, 1.165) is 5.56 Å². The van der Waals surface area contributed by atoms with Gasteiger partial charge in [0.25, 0.3) is 5.91 Å². The molecule has 0 saturated carbocycles. The maximum absolute atomic E-state index is 10.6. The Balaban J connectivity index is 2.45. The summed E-state index contributed by atoms with van der Waals surface area (Å²) in [5.41, 5.74) is 3.21. The predicted molar refractivity (Wildman–Crippen MR) is 52.9 cm³/mol. The summed E-state index contributed by atoms with van der Waals surface area (Å²) >= 11 is 5.25. The summed E-state index contributed by atoms with van der Waals surface area (Å²) < 4.78 is 0. The molecule has 0 aromatic heterocycles. The molecule has 13 heavy (non-hydrogen) atoms. The van der Waals surface area contributed by atoms with Crippen molar-refractivity contribution in [1.82, 2.24) is 5.43 Å². The minimum atomic E-state index is -0.311. The van der Waals surface area contributed by atoms with Crippen molar-refractivity contribution in [3.05, 3.63) is 35.9 Å². The molecule has 1 aromatic carbocycles. The average Bonchev–Trinajstić information content (AvgIpc) is 2.19. The Bertz CT molecular complexity index is 298. The van der Waals surface area contributed by atoms with Gasteiger partial charge in [0.1, 0.15) is 5.88 Å². The Labute approximate surface area is 81.4 Å². The predicted octanol–water partition coefficient (Wildman–Crippen LogP) is 1.38. The van der Waals surface area contributed by atoms with Crippen LogP contribution < -0.4 is 5.43 Å². The molecule has 0 radical (unpaired) electrons. The fourth-order valence-electron chi connectivity index (χ4n) is 0.748. The van der Waals surface area contributed by atoms with Crippen molar-refractivity contribution in [2.45, 2.75) is 0 Å². The van der Waals surface area contributed by atoms with Crippen molar-refractivity contribution in [3.8, 4) is 0 Å². The number of nitrogens with zero attached hydrogens (tertiary/aromatic N) is 1. The van der Waals surface area contributed by atoms with Crippen molar-refractivity contribution >= 4 is 23.7 Å². The van der Waals surface area contributed by atoms with E-state index in [1.165, 1.54) is 0 Å². The smallest absolute Gasteiger partial charge is 0.254 e. The number of rotatable bonds is 3. The second-order valence-corrected chi connectivity index (χ2v) is 2.60. The maximum atomic E-state index is 10.6. The third kappa shape index (κ3) is 3.71. The fourth-order valence-corrected chi connectivity index (χ4v) is 0.808. The van der Waals surface area contributed by atoms with Gasteiger partial charge < -0.3 is 0 Å². The number of amides is 1. The average molecular weight is 197 g/mol. The van der Waals surface area contributed by atoms with E-state index in [1.54, 1.807) is 6.21 Å². The number of benzene rings is 1. The topological polar surface area (TPSA) is 41.5 Å². The molecule has 1 aromatic rings. The van der Waals surface area contributed by atoms with Crippen LogP contribution in [-0.4, -0.2) is 18.0 Å². The lowest BCUT2D eigenvalue weighted by Gasteiger charge is -1.93. The lowest BCUT2D eigenvalue weighted by atomic mass is 10.2. The van der Waals surface area contributed by atoms with E-state index >= 15 is 0 Å². The molecule has 0 bridgehead atoms. The molecule has 3 nitrogen and oxygen atoms in total. The van der Waals surface area contributed by atoms with E-state index in [2.05, 4.69) is 10.5 Å². The molecular weight excluding hydrogens is 188 g/mol. The van der Waals surface area contributed by atoms with Crippen molar-refractivity contribution in [1.29, 1.82) is 0 Å². The highest BCUT2D eigenvalue weighted by atomic mass is 35.5. The van der Waals surface area contributed by atoms with Crippen molar-refractivity contribution in [3.63, 3.8) is 0 Å². The Morgan fingerprint density at radius 3 is 2.77 bits per heavy atom. The fraction of sp³-hybridized carbons (Fsp3) is 0.111. The Morgan fingerprint density at radius 1 is 1.46 bits per heavy atom. The van der Waals surface area contributed by atoms with Crippen molar-refractivity contribution in [2.24, 2.45) is 5.10 Å². The highest BCUT2D eigenvalue weighted by Crippen LogP contribution is 1.92. The molecule has 1 N–H and O–H groups in total. The first-order chi connectivity index (χ1) is 6.33. The third-order valence-corrected chi connectivity index (χ3v) is 1.57. The van der Waals surface area contributed by atoms with Gasteiger partial charge in [-0.25, -0.2) is 5.43 Å². The molecule has 1 amide bonds. The summed E-state index contributed by atoms with van der Waals surface area (Å²) in [6.45, 7) is 0. The van der Waals surface area contributed by atoms with Gasteiger partial charge in [0.15, 0.2) is 0 Å². The van der Waals surface area contributed by atoms with E-state index < -0.39 is 0 Å². The van der Waals surface area contributed by atoms with Crippen LogP contribution in [0.1, 0.15) is 5.56 Å². The molecule has 68 valence electrons. The van der Waals surface area contributed by atoms with E-state index in [0.29, 0.717) is 0 Å². The highest BCUT2D eigenvalue weighted by Gasteiger charge is 1.92. The standard InChI is InChI=1S/C9H9ClN2O/c10-6-9(13)12-11-7-8-4-2-1-3-5-8/h1-5,7H,6H2,(H,12,13). The zero-order chi connectivity index (χ0) is 9.52.